The van der Waals surface area contributed by atoms with Crippen molar-refractivity contribution in [2.45, 2.75) is 13.5 Å². The van der Waals surface area contributed by atoms with Crippen LogP contribution in [0.3, 0.4) is 0 Å². The van der Waals surface area contributed by atoms with Gasteiger partial charge >= 0.3 is 0 Å². The van der Waals surface area contributed by atoms with Crippen molar-refractivity contribution >= 4 is 16.9 Å². The standard InChI is InChI=1S/C35H28O2/c1-26(36)28-19-17-27(18-20-28)25-37-33-23-21-32(22-24-33)35(31-15-9-4-10-16-31)34(29-11-5-2-6-12-29)30-13-7-3-8-14-30/h2-24H,25H2,1H3. The van der Waals surface area contributed by atoms with Crippen LogP contribution in [0.1, 0.15) is 45.1 Å². The molecule has 0 N–H and O–H groups in total. The average Bonchev–Trinajstić information content (AvgIpc) is 2.97. The third kappa shape index (κ3) is 5.76. The first-order valence-corrected chi connectivity index (χ1v) is 12.4. The topological polar surface area (TPSA) is 26.3 Å². The van der Waals surface area contributed by atoms with Crippen molar-refractivity contribution in [1.29, 1.82) is 0 Å². The normalized spacial score (nSPS) is 10.5. The van der Waals surface area contributed by atoms with Gasteiger partial charge in [-0.1, -0.05) is 127 Å². The van der Waals surface area contributed by atoms with Gasteiger partial charge in [0.1, 0.15) is 12.4 Å². The maximum absolute atomic E-state index is 11.5. The zero-order chi connectivity index (χ0) is 25.5. The van der Waals surface area contributed by atoms with E-state index in [1.165, 1.54) is 22.3 Å². The molecule has 0 heterocycles. The maximum Gasteiger partial charge on any atom is 0.159 e. The van der Waals surface area contributed by atoms with E-state index in [4.69, 9.17) is 4.74 Å². The minimum atomic E-state index is 0.0655. The number of Topliss-reactive ketones (excluding diaryl/α,β-unsaturated/α-hetero) is 1. The lowest BCUT2D eigenvalue weighted by Gasteiger charge is -2.18. The Morgan fingerprint density at radius 3 is 1.27 bits per heavy atom. The number of hydrogen-bond acceptors (Lipinski definition) is 2. The molecular formula is C35H28O2. The molecule has 0 saturated carbocycles. The third-order valence-electron chi connectivity index (χ3n) is 6.35. The van der Waals surface area contributed by atoms with E-state index in [0.29, 0.717) is 12.2 Å². The summed E-state index contributed by atoms with van der Waals surface area (Å²) in [6.45, 7) is 2.02. The fourth-order valence-electron chi connectivity index (χ4n) is 4.45. The smallest absolute Gasteiger partial charge is 0.159 e. The molecule has 37 heavy (non-hydrogen) atoms. The van der Waals surface area contributed by atoms with E-state index in [1.54, 1.807) is 6.92 Å². The summed E-state index contributed by atoms with van der Waals surface area (Å²) in [6, 6.07) is 47.5. The highest BCUT2D eigenvalue weighted by atomic mass is 16.5. The molecule has 2 nitrogen and oxygen atoms in total. The predicted octanol–water partition coefficient (Wildman–Crippen LogP) is 8.48. The molecule has 0 unspecified atom stereocenters. The van der Waals surface area contributed by atoms with Crippen LogP contribution in [-0.2, 0) is 6.61 Å². The van der Waals surface area contributed by atoms with E-state index in [2.05, 4.69) is 84.9 Å². The summed E-state index contributed by atoms with van der Waals surface area (Å²) in [5, 5.41) is 0. The minimum absolute atomic E-state index is 0.0655. The van der Waals surface area contributed by atoms with Crippen molar-refractivity contribution in [2.75, 3.05) is 0 Å². The molecule has 0 aliphatic rings. The van der Waals surface area contributed by atoms with Gasteiger partial charge in [0, 0.05) is 5.56 Å². The van der Waals surface area contributed by atoms with Gasteiger partial charge in [-0.05, 0) is 58.0 Å². The van der Waals surface area contributed by atoms with E-state index in [1.807, 2.05) is 54.6 Å². The van der Waals surface area contributed by atoms with Crippen LogP contribution < -0.4 is 4.74 Å². The fraction of sp³-hybridized carbons (Fsp3) is 0.0571. The van der Waals surface area contributed by atoms with E-state index in [9.17, 15) is 4.79 Å². The molecule has 0 saturated heterocycles. The zero-order valence-corrected chi connectivity index (χ0v) is 20.8. The molecule has 5 aromatic carbocycles. The summed E-state index contributed by atoms with van der Waals surface area (Å²) in [4.78, 5) is 11.5. The van der Waals surface area contributed by atoms with E-state index in [0.717, 1.165) is 22.4 Å². The lowest BCUT2D eigenvalue weighted by Crippen LogP contribution is -1.99. The van der Waals surface area contributed by atoms with Crippen LogP contribution in [-0.4, -0.2) is 5.78 Å². The highest BCUT2D eigenvalue weighted by molar-refractivity contribution is 6.04. The lowest BCUT2D eigenvalue weighted by atomic mass is 9.86. The predicted molar refractivity (Wildman–Crippen MR) is 152 cm³/mol. The van der Waals surface area contributed by atoms with Crippen molar-refractivity contribution in [2.24, 2.45) is 0 Å². The fourth-order valence-corrected chi connectivity index (χ4v) is 4.45. The Hall–Kier alpha value is -4.69. The highest BCUT2D eigenvalue weighted by Gasteiger charge is 2.16. The zero-order valence-electron chi connectivity index (χ0n) is 20.8. The number of carbonyl (C=O) groups excluding carboxylic acids is 1. The van der Waals surface area contributed by atoms with Gasteiger partial charge in [0.2, 0.25) is 0 Å². The largest absolute Gasteiger partial charge is 0.489 e. The van der Waals surface area contributed by atoms with Gasteiger partial charge in [-0.2, -0.15) is 0 Å². The van der Waals surface area contributed by atoms with Gasteiger partial charge in [-0.25, -0.2) is 0 Å². The Morgan fingerprint density at radius 2 is 0.865 bits per heavy atom. The molecule has 0 aromatic heterocycles. The van der Waals surface area contributed by atoms with Gasteiger partial charge in [-0.15, -0.1) is 0 Å². The minimum Gasteiger partial charge on any atom is -0.489 e. The second-order valence-electron chi connectivity index (χ2n) is 8.91. The number of rotatable bonds is 8. The van der Waals surface area contributed by atoms with Crippen LogP contribution in [0.5, 0.6) is 5.75 Å². The Morgan fingerprint density at radius 1 is 0.486 bits per heavy atom. The molecule has 0 radical (unpaired) electrons. The molecule has 0 fully saturated rings. The van der Waals surface area contributed by atoms with Crippen LogP contribution in [0.25, 0.3) is 11.1 Å². The molecule has 0 atom stereocenters. The molecule has 0 aliphatic carbocycles. The maximum atomic E-state index is 11.5. The highest BCUT2D eigenvalue weighted by Crippen LogP contribution is 2.37. The van der Waals surface area contributed by atoms with Crippen LogP contribution in [0, 0.1) is 0 Å². The first-order valence-electron chi connectivity index (χ1n) is 12.4. The van der Waals surface area contributed by atoms with Gasteiger partial charge < -0.3 is 4.74 Å². The van der Waals surface area contributed by atoms with Crippen molar-refractivity contribution in [1.82, 2.24) is 0 Å². The van der Waals surface area contributed by atoms with Gasteiger partial charge in [0.25, 0.3) is 0 Å². The third-order valence-corrected chi connectivity index (χ3v) is 6.35. The number of ether oxygens (including phenoxy) is 1. The Balaban J connectivity index is 1.52. The summed E-state index contributed by atoms with van der Waals surface area (Å²) in [6.07, 6.45) is 0. The van der Waals surface area contributed by atoms with Crippen LogP contribution in [0.15, 0.2) is 140 Å². The van der Waals surface area contributed by atoms with Gasteiger partial charge in [0.05, 0.1) is 0 Å². The molecule has 0 spiro atoms. The van der Waals surface area contributed by atoms with Crippen LogP contribution in [0.4, 0.5) is 0 Å². The van der Waals surface area contributed by atoms with Crippen LogP contribution in [0.2, 0.25) is 0 Å². The molecule has 5 aromatic rings. The molecule has 0 bridgehead atoms. The molecule has 180 valence electrons. The molecule has 5 rings (SSSR count). The quantitative estimate of drug-likeness (QED) is 0.164. The molecular weight excluding hydrogens is 452 g/mol. The van der Waals surface area contributed by atoms with Crippen molar-refractivity contribution in [3.63, 3.8) is 0 Å². The SMILES string of the molecule is CC(=O)c1ccc(COc2ccc(C(=C(c3ccccc3)c3ccccc3)c3ccccc3)cc2)cc1. The second kappa shape index (κ2) is 11.4. The van der Waals surface area contributed by atoms with Crippen molar-refractivity contribution in [3.05, 3.63) is 173 Å². The number of carbonyl (C=O) groups is 1. The Kier molecular flexibility index (Phi) is 7.38. The summed E-state index contributed by atoms with van der Waals surface area (Å²) < 4.78 is 6.06. The lowest BCUT2D eigenvalue weighted by molar-refractivity contribution is 0.101. The Bertz CT molecular complexity index is 1440. The van der Waals surface area contributed by atoms with Gasteiger partial charge in [0.15, 0.2) is 5.78 Å². The number of benzene rings is 5. The molecule has 0 aliphatic heterocycles. The first-order chi connectivity index (χ1) is 18.2. The summed E-state index contributed by atoms with van der Waals surface area (Å²) in [5.74, 6) is 0.864. The monoisotopic (exact) mass is 480 g/mol. The van der Waals surface area contributed by atoms with Gasteiger partial charge in [-0.3, -0.25) is 4.79 Å². The summed E-state index contributed by atoms with van der Waals surface area (Å²) >= 11 is 0. The van der Waals surface area contributed by atoms with Crippen LogP contribution >= 0.6 is 0 Å². The number of ketones is 1. The van der Waals surface area contributed by atoms with Crippen molar-refractivity contribution in [3.8, 4) is 5.75 Å². The first kappa shape index (κ1) is 24.0. The average molecular weight is 481 g/mol. The molecule has 2 heteroatoms. The summed E-state index contributed by atoms with van der Waals surface area (Å²) in [7, 11) is 0. The van der Waals surface area contributed by atoms with E-state index < -0.39 is 0 Å². The van der Waals surface area contributed by atoms with E-state index >= 15 is 0 Å². The summed E-state index contributed by atoms with van der Waals surface area (Å²) in [5.41, 5.74) is 8.70. The second-order valence-corrected chi connectivity index (χ2v) is 8.91. The van der Waals surface area contributed by atoms with E-state index in [-0.39, 0.29) is 5.78 Å². The molecule has 0 amide bonds. The number of hydrogen-bond donors (Lipinski definition) is 0. The van der Waals surface area contributed by atoms with Crippen molar-refractivity contribution < 1.29 is 9.53 Å². The Labute approximate surface area is 218 Å².